The number of halogens is 3. The molecule has 0 atom stereocenters. The van der Waals surface area contributed by atoms with Crippen LogP contribution in [-0.4, -0.2) is 6.08 Å². The maximum atomic E-state index is 12.4. The molecule has 0 heterocycles. The van der Waals surface area contributed by atoms with Crippen molar-refractivity contribution in [2.24, 2.45) is 4.99 Å². The van der Waals surface area contributed by atoms with Gasteiger partial charge in [-0.1, -0.05) is 12.1 Å². The van der Waals surface area contributed by atoms with Gasteiger partial charge in [0.15, 0.2) is 0 Å². The molecule has 0 aliphatic carbocycles. The van der Waals surface area contributed by atoms with Gasteiger partial charge in [0.05, 0.1) is 11.3 Å². The Hall–Kier alpha value is -1.61. The Morgan fingerprint density at radius 1 is 1.36 bits per heavy atom. The molecule has 0 fully saturated rings. The molecule has 0 unspecified atom stereocenters. The van der Waals surface area contributed by atoms with Crippen molar-refractivity contribution >= 4 is 11.8 Å². The molecule has 74 valence electrons. The number of aliphatic imine (C=N–C) groups is 1. The predicted octanol–water partition coefficient (Wildman–Crippen LogP) is 2.98. The number of hydrogen-bond acceptors (Lipinski definition) is 2. The molecule has 0 N–H and O–H groups in total. The number of aryl methyl sites for hydroxylation is 1. The summed E-state index contributed by atoms with van der Waals surface area (Å²) >= 11 is 0. The SMILES string of the molecule is Cc1cccc(C(F)(F)F)c1N=C=O. The summed E-state index contributed by atoms with van der Waals surface area (Å²) in [4.78, 5) is 13.0. The Balaban J connectivity index is 3.43. The second-order valence-electron chi connectivity index (χ2n) is 2.67. The second kappa shape index (κ2) is 3.64. The van der Waals surface area contributed by atoms with Gasteiger partial charge in [-0.2, -0.15) is 18.2 Å². The van der Waals surface area contributed by atoms with Crippen molar-refractivity contribution in [1.29, 1.82) is 0 Å². The van der Waals surface area contributed by atoms with E-state index in [0.717, 1.165) is 12.1 Å². The number of nitrogens with zero attached hydrogens (tertiary/aromatic N) is 1. The number of alkyl halides is 3. The van der Waals surface area contributed by atoms with Crippen LogP contribution in [0.25, 0.3) is 0 Å². The summed E-state index contributed by atoms with van der Waals surface area (Å²) in [5.41, 5.74) is -0.987. The first-order valence-corrected chi connectivity index (χ1v) is 3.71. The lowest BCUT2D eigenvalue weighted by Gasteiger charge is -2.10. The molecule has 0 spiro atoms. The minimum Gasteiger partial charge on any atom is -0.211 e. The molecule has 0 bridgehead atoms. The zero-order valence-corrected chi connectivity index (χ0v) is 7.22. The lowest BCUT2D eigenvalue weighted by molar-refractivity contribution is -0.137. The highest BCUT2D eigenvalue weighted by Crippen LogP contribution is 2.37. The standard InChI is InChI=1S/C9H6F3NO/c1-6-3-2-4-7(9(10,11)12)8(6)13-5-14/h2-4H,1H3. The molecule has 1 rings (SSSR count). The molecule has 1 aromatic carbocycles. The van der Waals surface area contributed by atoms with Crippen molar-refractivity contribution in [2.45, 2.75) is 13.1 Å². The topological polar surface area (TPSA) is 29.4 Å². The van der Waals surface area contributed by atoms with E-state index in [9.17, 15) is 18.0 Å². The van der Waals surface area contributed by atoms with Crippen LogP contribution in [0.4, 0.5) is 18.9 Å². The van der Waals surface area contributed by atoms with Crippen LogP contribution in [0.1, 0.15) is 11.1 Å². The molecular weight excluding hydrogens is 195 g/mol. The van der Waals surface area contributed by atoms with Crippen LogP contribution < -0.4 is 0 Å². The van der Waals surface area contributed by atoms with E-state index in [1.165, 1.54) is 19.1 Å². The maximum absolute atomic E-state index is 12.4. The third-order valence-corrected chi connectivity index (χ3v) is 1.70. The van der Waals surface area contributed by atoms with Crippen LogP contribution in [-0.2, 0) is 11.0 Å². The summed E-state index contributed by atoms with van der Waals surface area (Å²) in [6.07, 6.45) is -3.39. The smallest absolute Gasteiger partial charge is 0.211 e. The highest BCUT2D eigenvalue weighted by molar-refractivity contribution is 5.59. The molecule has 0 aliphatic heterocycles. The van der Waals surface area contributed by atoms with E-state index in [-0.39, 0.29) is 5.69 Å². The number of carbonyl (C=O) groups excluding carboxylic acids is 1. The van der Waals surface area contributed by atoms with E-state index in [1.54, 1.807) is 0 Å². The molecule has 14 heavy (non-hydrogen) atoms. The Morgan fingerprint density at radius 2 is 2.00 bits per heavy atom. The third kappa shape index (κ3) is 2.00. The minimum atomic E-state index is -4.50. The van der Waals surface area contributed by atoms with Crippen molar-refractivity contribution in [3.63, 3.8) is 0 Å². The van der Waals surface area contributed by atoms with Gasteiger partial charge in [0.25, 0.3) is 0 Å². The second-order valence-corrected chi connectivity index (χ2v) is 2.67. The van der Waals surface area contributed by atoms with Gasteiger partial charge < -0.3 is 0 Å². The number of isocyanates is 1. The van der Waals surface area contributed by atoms with Crippen molar-refractivity contribution < 1.29 is 18.0 Å². The number of benzene rings is 1. The first-order valence-electron chi connectivity index (χ1n) is 3.71. The van der Waals surface area contributed by atoms with Crippen molar-refractivity contribution in [2.75, 3.05) is 0 Å². The summed E-state index contributed by atoms with van der Waals surface area (Å²) in [6, 6.07) is 3.59. The molecule has 0 saturated heterocycles. The molecule has 2 nitrogen and oxygen atoms in total. The maximum Gasteiger partial charge on any atom is 0.418 e. The molecule has 0 saturated carbocycles. The first-order chi connectivity index (χ1) is 6.46. The largest absolute Gasteiger partial charge is 0.418 e. The molecule has 1 aromatic rings. The summed E-state index contributed by atoms with van der Waals surface area (Å²) in [5.74, 6) is 0. The van der Waals surface area contributed by atoms with E-state index in [0.29, 0.717) is 5.56 Å². The number of hydrogen-bond donors (Lipinski definition) is 0. The average Bonchev–Trinajstić information content (AvgIpc) is 2.07. The first kappa shape index (κ1) is 10.5. The average molecular weight is 201 g/mol. The number of para-hydroxylation sites is 1. The normalized spacial score (nSPS) is 10.9. The third-order valence-electron chi connectivity index (χ3n) is 1.70. The van der Waals surface area contributed by atoms with Gasteiger partial charge in [-0.25, -0.2) is 4.79 Å². The van der Waals surface area contributed by atoms with Gasteiger partial charge in [0, 0.05) is 0 Å². The van der Waals surface area contributed by atoms with E-state index < -0.39 is 11.7 Å². The lowest BCUT2D eigenvalue weighted by atomic mass is 10.1. The zero-order valence-electron chi connectivity index (χ0n) is 7.22. The molecule has 0 aromatic heterocycles. The van der Waals surface area contributed by atoms with Gasteiger partial charge in [0.1, 0.15) is 0 Å². The van der Waals surface area contributed by atoms with Gasteiger partial charge in [-0.15, -0.1) is 0 Å². The lowest BCUT2D eigenvalue weighted by Crippen LogP contribution is -2.05. The Morgan fingerprint density at radius 3 is 2.50 bits per heavy atom. The molecular formula is C9H6F3NO. The van der Waals surface area contributed by atoms with Crippen molar-refractivity contribution in [3.05, 3.63) is 29.3 Å². The van der Waals surface area contributed by atoms with Crippen LogP contribution in [0.5, 0.6) is 0 Å². The zero-order chi connectivity index (χ0) is 10.8. The fourth-order valence-corrected chi connectivity index (χ4v) is 1.08. The summed E-state index contributed by atoms with van der Waals surface area (Å²) in [5, 5.41) is 0. The summed E-state index contributed by atoms with van der Waals surface area (Å²) in [7, 11) is 0. The van der Waals surface area contributed by atoms with E-state index >= 15 is 0 Å². The molecule has 0 amide bonds. The van der Waals surface area contributed by atoms with Crippen LogP contribution >= 0.6 is 0 Å². The van der Waals surface area contributed by atoms with Gasteiger partial charge >= 0.3 is 6.18 Å². The van der Waals surface area contributed by atoms with Gasteiger partial charge in [-0.3, -0.25) is 0 Å². The summed E-state index contributed by atoms with van der Waals surface area (Å²) < 4.78 is 37.1. The van der Waals surface area contributed by atoms with Crippen molar-refractivity contribution in [1.82, 2.24) is 0 Å². The predicted molar refractivity (Wildman–Crippen MR) is 44.0 cm³/mol. The molecule has 0 aliphatic rings. The Labute approximate surface area is 78.1 Å². The fourth-order valence-electron chi connectivity index (χ4n) is 1.08. The Kier molecular flexibility index (Phi) is 2.72. The van der Waals surface area contributed by atoms with Crippen LogP contribution in [0.2, 0.25) is 0 Å². The number of rotatable bonds is 1. The molecule has 0 radical (unpaired) electrons. The fraction of sp³-hybridized carbons (Fsp3) is 0.222. The Bertz CT molecular complexity index is 392. The van der Waals surface area contributed by atoms with Crippen LogP contribution in [0, 0.1) is 6.92 Å². The van der Waals surface area contributed by atoms with Crippen molar-refractivity contribution in [3.8, 4) is 0 Å². The van der Waals surface area contributed by atoms with E-state index in [2.05, 4.69) is 4.99 Å². The minimum absolute atomic E-state index is 0.295. The van der Waals surface area contributed by atoms with Gasteiger partial charge in [-0.05, 0) is 18.6 Å². The van der Waals surface area contributed by atoms with E-state index in [1.807, 2.05) is 0 Å². The highest BCUT2D eigenvalue weighted by atomic mass is 19.4. The van der Waals surface area contributed by atoms with Crippen LogP contribution in [0.3, 0.4) is 0 Å². The van der Waals surface area contributed by atoms with Gasteiger partial charge in [0.2, 0.25) is 6.08 Å². The monoisotopic (exact) mass is 201 g/mol. The molecule has 5 heteroatoms. The quantitative estimate of drug-likeness (QED) is 0.507. The summed E-state index contributed by atoms with van der Waals surface area (Å²) in [6.45, 7) is 1.45. The van der Waals surface area contributed by atoms with Crippen LogP contribution in [0.15, 0.2) is 23.2 Å². The van der Waals surface area contributed by atoms with E-state index in [4.69, 9.17) is 0 Å². The highest BCUT2D eigenvalue weighted by Gasteiger charge is 2.33.